The Morgan fingerprint density at radius 1 is 1.31 bits per heavy atom. The molecule has 1 nitrogen and oxygen atoms in total. The van der Waals surface area contributed by atoms with Crippen LogP contribution in [-0.2, 0) is 6.42 Å². The number of halogens is 1. The predicted octanol–water partition coefficient (Wildman–Crippen LogP) is 4.02. The van der Waals surface area contributed by atoms with Crippen LogP contribution in [0.25, 0.3) is 0 Å². The van der Waals surface area contributed by atoms with Crippen LogP contribution in [0.4, 0.5) is 0 Å². The first kappa shape index (κ1) is 13.7. The second-order valence-electron chi connectivity index (χ2n) is 4.53. The maximum atomic E-state index is 3.61. The van der Waals surface area contributed by atoms with Gasteiger partial charge in [-0.25, -0.2) is 0 Å². The van der Waals surface area contributed by atoms with E-state index < -0.39 is 0 Å². The second-order valence-corrected chi connectivity index (χ2v) is 5.38. The molecule has 0 aliphatic heterocycles. The lowest BCUT2D eigenvalue weighted by Gasteiger charge is -2.20. The Kier molecular flexibility index (Phi) is 6.07. The molecule has 0 radical (unpaired) electrons. The van der Waals surface area contributed by atoms with Crippen LogP contribution in [0.5, 0.6) is 0 Å². The fraction of sp³-hybridized carbons (Fsp3) is 0.571. The third-order valence-electron chi connectivity index (χ3n) is 3.22. The topological polar surface area (TPSA) is 12.0 Å². The summed E-state index contributed by atoms with van der Waals surface area (Å²) in [7, 11) is 2.06. The van der Waals surface area contributed by atoms with Crippen LogP contribution in [0.2, 0.25) is 0 Å². The van der Waals surface area contributed by atoms with Crippen LogP contribution in [0.15, 0.2) is 28.7 Å². The largest absolute Gasteiger partial charge is 0.317 e. The quantitative estimate of drug-likeness (QED) is 0.832. The minimum absolute atomic E-state index is 0.577. The van der Waals surface area contributed by atoms with Gasteiger partial charge in [-0.2, -0.15) is 0 Å². The summed E-state index contributed by atoms with van der Waals surface area (Å²) in [6.07, 6.45) is 3.60. The number of rotatable bonds is 6. The van der Waals surface area contributed by atoms with E-state index in [9.17, 15) is 0 Å². The van der Waals surface area contributed by atoms with E-state index in [1.807, 2.05) is 0 Å². The van der Waals surface area contributed by atoms with Gasteiger partial charge in [0.1, 0.15) is 0 Å². The van der Waals surface area contributed by atoms with Crippen LogP contribution in [0.3, 0.4) is 0 Å². The monoisotopic (exact) mass is 283 g/mol. The molecule has 2 heteroatoms. The van der Waals surface area contributed by atoms with Crippen molar-refractivity contribution in [2.45, 2.75) is 39.2 Å². The van der Waals surface area contributed by atoms with Gasteiger partial charge >= 0.3 is 0 Å². The Hall–Kier alpha value is -0.340. The first-order valence-electron chi connectivity index (χ1n) is 6.08. The van der Waals surface area contributed by atoms with Gasteiger partial charge in [0, 0.05) is 10.5 Å². The van der Waals surface area contributed by atoms with Crippen LogP contribution in [0.1, 0.15) is 32.3 Å². The Morgan fingerprint density at radius 2 is 2.00 bits per heavy atom. The summed E-state index contributed by atoms with van der Waals surface area (Å²) in [5, 5.41) is 3.42. The van der Waals surface area contributed by atoms with Crippen molar-refractivity contribution in [3.05, 3.63) is 34.3 Å². The maximum absolute atomic E-state index is 3.61. The van der Waals surface area contributed by atoms with E-state index in [2.05, 4.69) is 66.4 Å². The summed E-state index contributed by atoms with van der Waals surface area (Å²) < 4.78 is 1.22. The van der Waals surface area contributed by atoms with Gasteiger partial charge < -0.3 is 5.32 Å². The summed E-state index contributed by atoms with van der Waals surface area (Å²) in [6, 6.07) is 9.07. The highest BCUT2D eigenvalue weighted by Gasteiger charge is 2.12. The summed E-state index contributed by atoms with van der Waals surface area (Å²) in [6.45, 7) is 4.58. The molecule has 1 aromatic rings. The average molecular weight is 284 g/mol. The molecular formula is C14H22BrN. The highest BCUT2D eigenvalue weighted by atomic mass is 79.9. The van der Waals surface area contributed by atoms with E-state index in [1.54, 1.807) is 0 Å². The summed E-state index contributed by atoms with van der Waals surface area (Å²) in [4.78, 5) is 0. The highest BCUT2D eigenvalue weighted by molar-refractivity contribution is 9.10. The summed E-state index contributed by atoms with van der Waals surface area (Å²) >= 11 is 3.61. The standard InChI is InChI=1S/C14H22BrN/c1-4-11(2)9-13(16-3)10-12-7-5-6-8-14(12)15/h5-8,11,13,16H,4,9-10H2,1-3H3. The van der Waals surface area contributed by atoms with Crippen LogP contribution in [-0.4, -0.2) is 13.1 Å². The second kappa shape index (κ2) is 7.08. The van der Waals surface area contributed by atoms with Gasteiger partial charge in [0.05, 0.1) is 0 Å². The van der Waals surface area contributed by atoms with Crippen molar-refractivity contribution in [1.29, 1.82) is 0 Å². The van der Waals surface area contributed by atoms with E-state index in [-0.39, 0.29) is 0 Å². The van der Waals surface area contributed by atoms with Gasteiger partial charge in [0.2, 0.25) is 0 Å². The Bertz CT molecular complexity index is 311. The van der Waals surface area contributed by atoms with E-state index in [4.69, 9.17) is 0 Å². The number of hydrogen-bond donors (Lipinski definition) is 1. The molecule has 0 spiro atoms. The van der Waals surface area contributed by atoms with Crippen molar-refractivity contribution < 1.29 is 0 Å². The lowest BCUT2D eigenvalue weighted by Crippen LogP contribution is -2.29. The average Bonchev–Trinajstić information content (AvgIpc) is 2.30. The van der Waals surface area contributed by atoms with Crippen molar-refractivity contribution in [2.75, 3.05) is 7.05 Å². The van der Waals surface area contributed by atoms with E-state index in [0.717, 1.165) is 12.3 Å². The molecule has 1 rings (SSSR count). The van der Waals surface area contributed by atoms with Gasteiger partial charge in [-0.05, 0) is 37.4 Å². The molecule has 0 fully saturated rings. The fourth-order valence-corrected chi connectivity index (χ4v) is 2.33. The van der Waals surface area contributed by atoms with E-state index >= 15 is 0 Å². The Labute approximate surface area is 108 Å². The van der Waals surface area contributed by atoms with Crippen molar-refractivity contribution >= 4 is 15.9 Å². The third-order valence-corrected chi connectivity index (χ3v) is 3.99. The molecule has 0 amide bonds. The molecular weight excluding hydrogens is 262 g/mol. The molecule has 0 saturated carbocycles. The first-order valence-corrected chi connectivity index (χ1v) is 6.87. The lowest BCUT2D eigenvalue weighted by molar-refractivity contribution is 0.410. The molecule has 0 aromatic heterocycles. The third kappa shape index (κ3) is 4.26. The van der Waals surface area contributed by atoms with Gasteiger partial charge in [-0.1, -0.05) is 54.4 Å². The normalized spacial score (nSPS) is 14.8. The van der Waals surface area contributed by atoms with Crippen molar-refractivity contribution in [3.8, 4) is 0 Å². The Morgan fingerprint density at radius 3 is 2.56 bits per heavy atom. The molecule has 0 aliphatic carbocycles. The molecule has 0 heterocycles. The molecule has 0 aliphatic rings. The first-order chi connectivity index (χ1) is 7.67. The Balaban J connectivity index is 2.60. The van der Waals surface area contributed by atoms with Crippen LogP contribution >= 0.6 is 15.9 Å². The minimum Gasteiger partial charge on any atom is -0.317 e. The summed E-state index contributed by atoms with van der Waals surface area (Å²) in [5.41, 5.74) is 1.39. The molecule has 90 valence electrons. The number of hydrogen-bond acceptors (Lipinski definition) is 1. The van der Waals surface area contributed by atoms with Crippen molar-refractivity contribution in [1.82, 2.24) is 5.32 Å². The molecule has 1 N–H and O–H groups in total. The van der Waals surface area contributed by atoms with Gasteiger partial charge in [-0.15, -0.1) is 0 Å². The molecule has 0 saturated heterocycles. The zero-order valence-corrected chi connectivity index (χ0v) is 12.0. The fourth-order valence-electron chi connectivity index (χ4n) is 1.89. The van der Waals surface area contributed by atoms with Gasteiger partial charge in [-0.3, -0.25) is 0 Å². The molecule has 1 aromatic carbocycles. The predicted molar refractivity (Wildman–Crippen MR) is 74.8 cm³/mol. The molecule has 2 atom stereocenters. The van der Waals surface area contributed by atoms with Crippen molar-refractivity contribution in [3.63, 3.8) is 0 Å². The van der Waals surface area contributed by atoms with E-state index in [0.29, 0.717) is 6.04 Å². The number of benzene rings is 1. The number of nitrogens with one attached hydrogen (secondary N) is 1. The summed E-state index contributed by atoms with van der Waals surface area (Å²) in [5.74, 6) is 0.792. The van der Waals surface area contributed by atoms with Crippen LogP contribution < -0.4 is 5.32 Å². The maximum Gasteiger partial charge on any atom is 0.0207 e. The smallest absolute Gasteiger partial charge is 0.0207 e. The minimum atomic E-state index is 0.577. The SMILES string of the molecule is CCC(C)CC(Cc1ccccc1Br)NC. The molecule has 0 bridgehead atoms. The van der Waals surface area contributed by atoms with Crippen LogP contribution in [0, 0.1) is 5.92 Å². The molecule has 2 unspecified atom stereocenters. The molecule has 16 heavy (non-hydrogen) atoms. The van der Waals surface area contributed by atoms with Gasteiger partial charge in [0.15, 0.2) is 0 Å². The zero-order chi connectivity index (χ0) is 12.0. The van der Waals surface area contributed by atoms with Gasteiger partial charge in [0.25, 0.3) is 0 Å². The van der Waals surface area contributed by atoms with E-state index in [1.165, 1.54) is 22.9 Å². The number of likely N-dealkylation sites (N-methyl/N-ethyl adjacent to an activating group) is 1. The lowest BCUT2D eigenvalue weighted by atomic mass is 9.95. The van der Waals surface area contributed by atoms with Crippen molar-refractivity contribution in [2.24, 2.45) is 5.92 Å². The zero-order valence-electron chi connectivity index (χ0n) is 10.5. The highest BCUT2D eigenvalue weighted by Crippen LogP contribution is 2.20.